The van der Waals surface area contributed by atoms with Gasteiger partial charge in [-0.25, -0.2) is 0 Å². The highest BCUT2D eigenvalue weighted by Crippen LogP contribution is 2.29. The highest BCUT2D eigenvalue weighted by molar-refractivity contribution is 7.08. The van der Waals surface area contributed by atoms with E-state index in [-0.39, 0.29) is 0 Å². The average molecular weight is 168 g/mol. The van der Waals surface area contributed by atoms with E-state index in [0.717, 1.165) is 12.2 Å². The number of anilines is 1. The van der Waals surface area contributed by atoms with E-state index < -0.39 is 0 Å². The van der Waals surface area contributed by atoms with Crippen LogP contribution in [0.1, 0.15) is 24.4 Å². The molecule has 0 bridgehead atoms. The summed E-state index contributed by atoms with van der Waals surface area (Å²) < 4.78 is 0. The maximum absolute atomic E-state index is 5.79. The number of nitrogens with one attached hydrogen (secondary N) is 1. The van der Waals surface area contributed by atoms with Gasteiger partial charge in [-0.2, -0.15) is 0 Å². The molecule has 1 aromatic rings. The van der Waals surface area contributed by atoms with Gasteiger partial charge in [0.15, 0.2) is 0 Å². The lowest BCUT2D eigenvalue weighted by Crippen LogP contribution is -2.13. The molecule has 3 N–H and O–H groups in total. The van der Waals surface area contributed by atoms with Crippen molar-refractivity contribution in [1.29, 1.82) is 0 Å². The lowest BCUT2D eigenvalue weighted by atomic mass is 10.1. The van der Waals surface area contributed by atoms with Crippen molar-refractivity contribution in [3.05, 3.63) is 16.3 Å². The molecule has 11 heavy (non-hydrogen) atoms. The monoisotopic (exact) mass is 168 g/mol. The molecule has 1 atom stereocenters. The Balaban J connectivity index is 2.21. The fraction of sp³-hybridized carbons (Fsp3) is 0.500. The van der Waals surface area contributed by atoms with Crippen molar-refractivity contribution in [3.8, 4) is 0 Å². The van der Waals surface area contributed by atoms with Crippen LogP contribution >= 0.6 is 11.3 Å². The SMILES string of the molecule is Nc1cscc1C1CCCN1. The molecule has 1 aliphatic rings. The molecular weight excluding hydrogens is 156 g/mol. The van der Waals surface area contributed by atoms with Crippen LogP contribution in [0.15, 0.2) is 10.8 Å². The standard InChI is InChI=1S/C8H12N2S/c9-7-5-11-4-6(7)8-2-1-3-10-8/h4-5,8,10H,1-3,9H2. The Labute approximate surface area is 70.4 Å². The van der Waals surface area contributed by atoms with Gasteiger partial charge in [-0.3, -0.25) is 0 Å². The van der Waals surface area contributed by atoms with E-state index in [9.17, 15) is 0 Å². The topological polar surface area (TPSA) is 38.0 Å². The maximum Gasteiger partial charge on any atom is 0.0471 e. The second-order valence-electron chi connectivity index (χ2n) is 2.93. The lowest BCUT2D eigenvalue weighted by molar-refractivity contribution is 0.652. The van der Waals surface area contributed by atoms with E-state index in [2.05, 4.69) is 10.7 Å². The molecule has 0 amide bonds. The average Bonchev–Trinajstić information content (AvgIpc) is 2.55. The van der Waals surface area contributed by atoms with E-state index in [1.807, 2.05) is 5.38 Å². The van der Waals surface area contributed by atoms with Gasteiger partial charge in [-0.05, 0) is 24.8 Å². The molecule has 2 heterocycles. The predicted octanol–water partition coefficient (Wildman–Crippen LogP) is 1.75. The van der Waals surface area contributed by atoms with Crippen molar-refractivity contribution in [2.75, 3.05) is 12.3 Å². The summed E-state index contributed by atoms with van der Waals surface area (Å²) in [6.45, 7) is 1.14. The number of rotatable bonds is 1. The fourth-order valence-electron chi connectivity index (χ4n) is 1.55. The van der Waals surface area contributed by atoms with E-state index in [4.69, 9.17) is 5.73 Å². The molecule has 0 aliphatic carbocycles. The van der Waals surface area contributed by atoms with Crippen molar-refractivity contribution in [2.24, 2.45) is 0 Å². The van der Waals surface area contributed by atoms with Crippen molar-refractivity contribution >= 4 is 17.0 Å². The highest BCUT2D eigenvalue weighted by Gasteiger charge is 2.18. The summed E-state index contributed by atoms with van der Waals surface area (Å²) in [6.07, 6.45) is 2.51. The van der Waals surface area contributed by atoms with Gasteiger partial charge in [0.25, 0.3) is 0 Å². The summed E-state index contributed by atoms with van der Waals surface area (Å²) in [5, 5.41) is 7.59. The summed E-state index contributed by atoms with van der Waals surface area (Å²) >= 11 is 1.69. The van der Waals surface area contributed by atoms with E-state index in [1.165, 1.54) is 18.4 Å². The zero-order valence-corrected chi connectivity index (χ0v) is 7.16. The van der Waals surface area contributed by atoms with Gasteiger partial charge in [-0.15, -0.1) is 11.3 Å². The Hall–Kier alpha value is -0.540. The lowest BCUT2D eigenvalue weighted by Gasteiger charge is -2.08. The van der Waals surface area contributed by atoms with Crippen molar-refractivity contribution in [1.82, 2.24) is 5.32 Å². The minimum Gasteiger partial charge on any atom is -0.398 e. The number of nitrogen functional groups attached to an aromatic ring is 1. The molecule has 3 heteroatoms. The first kappa shape index (κ1) is 7.13. The van der Waals surface area contributed by atoms with Gasteiger partial charge >= 0.3 is 0 Å². The molecule has 0 aromatic carbocycles. The summed E-state index contributed by atoms with van der Waals surface area (Å²) in [6, 6.07) is 0.529. The van der Waals surface area contributed by atoms with Crippen LogP contribution in [0.25, 0.3) is 0 Å². The third-order valence-electron chi connectivity index (χ3n) is 2.16. The van der Waals surface area contributed by atoms with Crippen LogP contribution in [-0.2, 0) is 0 Å². The van der Waals surface area contributed by atoms with E-state index in [1.54, 1.807) is 11.3 Å². The molecule has 1 aliphatic heterocycles. The van der Waals surface area contributed by atoms with Crippen LogP contribution in [-0.4, -0.2) is 6.54 Å². The number of hydrogen-bond donors (Lipinski definition) is 2. The molecule has 1 saturated heterocycles. The second kappa shape index (κ2) is 2.83. The Bertz CT molecular complexity index is 238. The summed E-state index contributed by atoms with van der Waals surface area (Å²) in [5.41, 5.74) is 8.04. The van der Waals surface area contributed by atoms with Gasteiger partial charge in [0, 0.05) is 22.7 Å². The van der Waals surface area contributed by atoms with Crippen LogP contribution in [0.3, 0.4) is 0 Å². The largest absolute Gasteiger partial charge is 0.398 e. The highest BCUT2D eigenvalue weighted by atomic mass is 32.1. The molecule has 0 spiro atoms. The molecule has 0 radical (unpaired) electrons. The van der Waals surface area contributed by atoms with Gasteiger partial charge in [0.2, 0.25) is 0 Å². The zero-order chi connectivity index (χ0) is 7.68. The Morgan fingerprint density at radius 1 is 1.55 bits per heavy atom. The molecule has 1 fully saturated rings. The molecule has 2 nitrogen and oxygen atoms in total. The van der Waals surface area contributed by atoms with Gasteiger partial charge < -0.3 is 11.1 Å². The number of thiophene rings is 1. The Morgan fingerprint density at radius 3 is 3.00 bits per heavy atom. The molecular formula is C8H12N2S. The molecule has 1 unspecified atom stereocenters. The smallest absolute Gasteiger partial charge is 0.0471 e. The predicted molar refractivity (Wildman–Crippen MR) is 48.7 cm³/mol. The number of nitrogens with two attached hydrogens (primary N) is 1. The first-order chi connectivity index (χ1) is 5.38. The zero-order valence-electron chi connectivity index (χ0n) is 6.34. The second-order valence-corrected chi connectivity index (χ2v) is 3.67. The Morgan fingerprint density at radius 2 is 2.45 bits per heavy atom. The molecule has 60 valence electrons. The van der Waals surface area contributed by atoms with Crippen LogP contribution < -0.4 is 11.1 Å². The normalized spacial score (nSPS) is 24.2. The van der Waals surface area contributed by atoms with Crippen molar-refractivity contribution in [3.63, 3.8) is 0 Å². The first-order valence-electron chi connectivity index (χ1n) is 3.93. The maximum atomic E-state index is 5.79. The van der Waals surface area contributed by atoms with Crippen molar-refractivity contribution < 1.29 is 0 Å². The molecule has 1 aromatic heterocycles. The quantitative estimate of drug-likeness (QED) is 0.670. The van der Waals surface area contributed by atoms with Gasteiger partial charge in [0.05, 0.1) is 0 Å². The summed E-state index contributed by atoms with van der Waals surface area (Å²) in [4.78, 5) is 0. The summed E-state index contributed by atoms with van der Waals surface area (Å²) in [5.74, 6) is 0. The van der Waals surface area contributed by atoms with E-state index >= 15 is 0 Å². The van der Waals surface area contributed by atoms with Gasteiger partial charge in [0.1, 0.15) is 0 Å². The van der Waals surface area contributed by atoms with Crippen LogP contribution in [0.4, 0.5) is 5.69 Å². The number of hydrogen-bond acceptors (Lipinski definition) is 3. The molecule has 2 rings (SSSR count). The fourth-order valence-corrected chi connectivity index (χ4v) is 2.35. The van der Waals surface area contributed by atoms with Gasteiger partial charge in [-0.1, -0.05) is 0 Å². The Kier molecular flexibility index (Phi) is 1.84. The minimum absolute atomic E-state index is 0.529. The van der Waals surface area contributed by atoms with E-state index in [0.29, 0.717) is 6.04 Å². The van der Waals surface area contributed by atoms with Crippen molar-refractivity contribution in [2.45, 2.75) is 18.9 Å². The summed E-state index contributed by atoms with van der Waals surface area (Å²) in [7, 11) is 0. The third-order valence-corrected chi connectivity index (χ3v) is 2.94. The minimum atomic E-state index is 0.529. The van der Waals surface area contributed by atoms with Crippen LogP contribution in [0.5, 0.6) is 0 Å². The van der Waals surface area contributed by atoms with Crippen LogP contribution in [0, 0.1) is 0 Å². The molecule has 0 saturated carbocycles. The third kappa shape index (κ3) is 1.26. The first-order valence-corrected chi connectivity index (χ1v) is 4.87. The van der Waals surface area contributed by atoms with Crippen LogP contribution in [0.2, 0.25) is 0 Å².